The summed E-state index contributed by atoms with van der Waals surface area (Å²) in [5.41, 5.74) is 3.53. The fourth-order valence-electron chi connectivity index (χ4n) is 2.57. The van der Waals surface area contributed by atoms with Crippen LogP contribution in [0.2, 0.25) is 0 Å². The summed E-state index contributed by atoms with van der Waals surface area (Å²) >= 11 is 0. The summed E-state index contributed by atoms with van der Waals surface area (Å²) < 4.78 is 5.02. The predicted octanol–water partition coefficient (Wildman–Crippen LogP) is 0.833. The van der Waals surface area contributed by atoms with Crippen LogP contribution in [0.15, 0.2) is 5.10 Å². The van der Waals surface area contributed by atoms with E-state index < -0.39 is 0 Å². The Bertz CT molecular complexity index is 394. The summed E-state index contributed by atoms with van der Waals surface area (Å²) in [7, 11) is 0. The maximum atomic E-state index is 11.8. The Kier molecular flexibility index (Phi) is 3.54. The van der Waals surface area contributed by atoms with Gasteiger partial charge in [-0.15, -0.1) is 0 Å². The molecule has 2 amide bonds. The molecule has 2 aliphatic heterocycles. The number of fused-ring (bicyclic) bond motifs is 1. The molecule has 2 heterocycles. The molecular weight excluding hydrogens is 234 g/mol. The lowest BCUT2D eigenvalue weighted by Crippen LogP contribution is -2.55. The molecule has 2 aliphatic rings. The van der Waals surface area contributed by atoms with E-state index in [-0.39, 0.29) is 29.8 Å². The molecule has 6 nitrogen and oxygen atoms in total. The zero-order chi connectivity index (χ0) is 13.3. The molecule has 1 N–H and O–H groups in total. The van der Waals surface area contributed by atoms with Crippen molar-refractivity contribution in [1.29, 1.82) is 0 Å². The number of hydrogen-bond acceptors (Lipinski definition) is 4. The summed E-state index contributed by atoms with van der Waals surface area (Å²) in [5, 5.41) is 4.14. The zero-order valence-electron chi connectivity index (χ0n) is 11.0. The average molecular weight is 253 g/mol. The second-order valence-corrected chi connectivity index (χ2v) is 4.91. The third-order valence-electron chi connectivity index (χ3n) is 3.63. The highest BCUT2D eigenvalue weighted by Crippen LogP contribution is 2.28. The molecule has 3 unspecified atom stereocenters. The summed E-state index contributed by atoms with van der Waals surface area (Å²) in [6.07, 6.45) is -0.304. The third kappa shape index (κ3) is 2.19. The normalized spacial score (nSPS) is 31.3. The lowest BCUT2D eigenvalue weighted by atomic mass is 9.79. The molecule has 0 aromatic rings. The van der Waals surface area contributed by atoms with Crippen molar-refractivity contribution >= 4 is 17.7 Å². The highest BCUT2D eigenvalue weighted by molar-refractivity contribution is 5.98. The van der Waals surface area contributed by atoms with E-state index in [1.165, 1.54) is 0 Å². The van der Waals surface area contributed by atoms with Crippen LogP contribution < -0.4 is 5.43 Å². The minimum absolute atomic E-state index is 0.00639. The van der Waals surface area contributed by atoms with E-state index >= 15 is 0 Å². The van der Waals surface area contributed by atoms with Crippen LogP contribution in [-0.4, -0.2) is 42.3 Å². The van der Waals surface area contributed by atoms with Gasteiger partial charge in [-0.1, -0.05) is 13.8 Å². The van der Waals surface area contributed by atoms with Crippen molar-refractivity contribution in [3.05, 3.63) is 0 Å². The lowest BCUT2D eigenvalue weighted by molar-refractivity contribution is -0.126. The Labute approximate surface area is 106 Å². The van der Waals surface area contributed by atoms with Crippen LogP contribution in [-0.2, 0) is 9.53 Å². The first-order valence-corrected chi connectivity index (χ1v) is 6.33. The van der Waals surface area contributed by atoms with Gasteiger partial charge in [0, 0.05) is 36.6 Å². The summed E-state index contributed by atoms with van der Waals surface area (Å²) in [5.74, 6) is -0.0815. The number of hydrazone groups is 1. The topological polar surface area (TPSA) is 71.0 Å². The van der Waals surface area contributed by atoms with Crippen LogP contribution in [0.25, 0.3) is 0 Å². The molecule has 2 rings (SSSR count). The number of carbonyl (C=O) groups excluding carboxylic acids is 2. The van der Waals surface area contributed by atoms with Crippen LogP contribution >= 0.6 is 0 Å². The summed E-state index contributed by atoms with van der Waals surface area (Å²) in [4.78, 5) is 25.0. The fourth-order valence-corrected chi connectivity index (χ4v) is 2.57. The number of nitrogens with one attached hydrogen (secondary N) is 1. The molecule has 0 radical (unpaired) electrons. The largest absolute Gasteiger partial charge is 0.450 e. The van der Waals surface area contributed by atoms with Crippen LogP contribution in [0.5, 0.6) is 0 Å². The number of likely N-dealkylation sites (tertiary alicyclic amines) is 1. The monoisotopic (exact) mass is 253 g/mol. The maximum absolute atomic E-state index is 11.8. The Morgan fingerprint density at radius 2 is 2.22 bits per heavy atom. The first kappa shape index (κ1) is 12.9. The second kappa shape index (κ2) is 4.96. The molecule has 1 fully saturated rings. The number of ether oxygens (including phenoxy) is 1. The summed E-state index contributed by atoms with van der Waals surface area (Å²) in [6, 6.07) is 0. The quantitative estimate of drug-likeness (QED) is 0.752. The molecule has 18 heavy (non-hydrogen) atoms. The van der Waals surface area contributed by atoms with Crippen LogP contribution in [0.4, 0.5) is 4.79 Å². The van der Waals surface area contributed by atoms with Gasteiger partial charge in [0.2, 0.25) is 5.91 Å². The van der Waals surface area contributed by atoms with Crippen molar-refractivity contribution in [2.75, 3.05) is 19.7 Å². The molecule has 6 heteroatoms. The van der Waals surface area contributed by atoms with Gasteiger partial charge in [0.05, 0.1) is 6.61 Å². The minimum Gasteiger partial charge on any atom is -0.450 e. The van der Waals surface area contributed by atoms with E-state index in [0.717, 1.165) is 5.71 Å². The average Bonchev–Trinajstić information content (AvgIpc) is 2.34. The summed E-state index contributed by atoms with van der Waals surface area (Å²) in [6.45, 7) is 7.14. The van der Waals surface area contributed by atoms with Gasteiger partial charge in [-0.05, 0) is 6.92 Å². The SMILES string of the molecule is CCOC(=O)N1CC(C)C2=NNC(=O)C(C)C2C1. The number of hydrogen-bond donors (Lipinski definition) is 1. The molecular formula is C12H19N3O3. The number of amides is 2. The van der Waals surface area contributed by atoms with Gasteiger partial charge in [-0.2, -0.15) is 5.10 Å². The van der Waals surface area contributed by atoms with Crippen molar-refractivity contribution in [2.24, 2.45) is 22.9 Å². The molecule has 100 valence electrons. The highest BCUT2D eigenvalue weighted by atomic mass is 16.6. The number of carbonyl (C=O) groups is 2. The van der Waals surface area contributed by atoms with Crippen molar-refractivity contribution in [3.63, 3.8) is 0 Å². The van der Waals surface area contributed by atoms with Crippen LogP contribution in [0.1, 0.15) is 20.8 Å². The molecule has 0 aromatic carbocycles. The van der Waals surface area contributed by atoms with Crippen molar-refractivity contribution < 1.29 is 14.3 Å². The second-order valence-electron chi connectivity index (χ2n) is 4.91. The van der Waals surface area contributed by atoms with E-state index in [4.69, 9.17) is 4.74 Å². The van der Waals surface area contributed by atoms with Crippen LogP contribution in [0.3, 0.4) is 0 Å². The Balaban J connectivity index is 2.16. The van der Waals surface area contributed by atoms with Gasteiger partial charge < -0.3 is 9.64 Å². The van der Waals surface area contributed by atoms with Crippen molar-refractivity contribution in [2.45, 2.75) is 20.8 Å². The first-order valence-electron chi connectivity index (χ1n) is 6.33. The minimum atomic E-state index is -0.304. The predicted molar refractivity (Wildman–Crippen MR) is 66.0 cm³/mol. The van der Waals surface area contributed by atoms with Gasteiger partial charge in [0.25, 0.3) is 0 Å². The van der Waals surface area contributed by atoms with Gasteiger partial charge in [-0.3, -0.25) is 4.79 Å². The van der Waals surface area contributed by atoms with Gasteiger partial charge >= 0.3 is 6.09 Å². The van der Waals surface area contributed by atoms with E-state index in [9.17, 15) is 9.59 Å². The van der Waals surface area contributed by atoms with E-state index in [1.807, 2.05) is 13.8 Å². The zero-order valence-corrected chi connectivity index (χ0v) is 11.0. The third-order valence-corrected chi connectivity index (χ3v) is 3.63. The molecule has 1 saturated heterocycles. The van der Waals surface area contributed by atoms with Gasteiger partial charge in [0.15, 0.2) is 0 Å². The number of nitrogens with zero attached hydrogens (tertiary/aromatic N) is 2. The fraction of sp³-hybridized carbons (Fsp3) is 0.750. The van der Waals surface area contributed by atoms with E-state index in [0.29, 0.717) is 19.7 Å². The molecule has 0 bridgehead atoms. The van der Waals surface area contributed by atoms with Gasteiger partial charge in [0.1, 0.15) is 0 Å². The van der Waals surface area contributed by atoms with E-state index in [2.05, 4.69) is 10.5 Å². The molecule has 0 spiro atoms. The van der Waals surface area contributed by atoms with Crippen molar-refractivity contribution in [1.82, 2.24) is 10.3 Å². The Hall–Kier alpha value is -1.59. The molecule has 0 saturated carbocycles. The van der Waals surface area contributed by atoms with Gasteiger partial charge in [-0.25, -0.2) is 10.2 Å². The molecule has 0 aliphatic carbocycles. The maximum Gasteiger partial charge on any atom is 0.409 e. The number of rotatable bonds is 1. The Morgan fingerprint density at radius 1 is 1.50 bits per heavy atom. The standard InChI is InChI=1S/C12H19N3O3/c1-4-18-12(17)15-5-7(2)10-9(6-15)8(3)11(16)14-13-10/h7-9H,4-6H2,1-3H3,(H,14,16). The molecule has 3 atom stereocenters. The first-order chi connectivity index (χ1) is 8.54. The number of piperidine rings is 1. The van der Waals surface area contributed by atoms with Crippen LogP contribution in [0, 0.1) is 17.8 Å². The van der Waals surface area contributed by atoms with Crippen molar-refractivity contribution in [3.8, 4) is 0 Å². The lowest BCUT2D eigenvalue weighted by Gasteiger charge is -2.40. The van der Waals surface area contributed by atoms with E-state index in [1.54, 1.807) is 11.8 Å². The Morgan fingerprint density at radius 3 is 2.89 bits per heavy atom. The highest BCUT2D eigenvalue weighted by Gasteiger charge is 2.41. The smallest absolute Gasteiger partial charge is 0.409 e. The molecule has 0 aromatic heterocycles.